The Morgan fingerprint density at radius 3 is 2.60 bits per heavy atom. The molecule has 1 atom stereocenters. The van der Waals surface area contributed by atoms with Crippen molar-refractivity contribution in [3.05, 3.63) is 45.6 Å². The number of hydrogen-bond acceptors (Lipinski definition) is 4. The first-order valence-electron chi connectivity index (χ1n) is 6.70. The van der Waals surface area contributed by atoms with E-state index >= 15 is 0 Å². The molecule has 1 unspecified atom stereocenters. The van der Waals surface area contributed by atoms with E-state index in [1.165, 1.54) is 10.4 Å². The predicted octanol–water partition coefficient (Wildman–Crippen LogP) is 3.77. The zero-order chi connectivity index (χ0) is 14.5. The normalized spacial score (nSPS) is 12.2. The Hall–Kier alpha value is -1.52. The summed E-state index contributed by atoms with van der Waals surface area (Å²) in [7, 11) is 3.35. The third kappa shape index (κ3) is 2.97. The van der Waals surface area contributed by atoms with Gasteiger partial charge in [0, 0.05) is 10.4 Å². The molecular formula is C16H21NO2S. The first kappa shape index (κ1) is 14.9. The topological polar surface area (TPSA) is 30.5 Å². The maximum absolute atomic E-state index is 5.56. The monoisotopic (exact) mass is 291 g/mol. The van der Waals surface area contributed by atoms with Crippen LogP contribution in [0.15, 0.2) is 29.6 Å². The van der Waals surface area contributed by atoms with Crippen LogP contribution in [0.25, 0.3) is 0 Å². The van der Waals surface area contributed by atoms with E-state index in [0.717, 1.165) is 23.6 Å². The Balaban J connectivity index is 2.49. The largest absolute Gasteiger partial charge is 0.493 e. The number of thiophene rings is 1. The Labute approximate surface area is 124 Å². The fourth-order valence-corrected chi connectivity index (χ4v) is 3.10. The van der Waals surface area contributed by atoms with Crippen LogP contribution in [0.4, 0.5) is 0 Å². The summed E-state index contributed by atoms with van der Waals surface area (Å²) in [6, 6.07) is 8.35. The molecular weight excluding hydrogens is 270 g/mol. The van der Waals surface area contributed by atoms with Crippen molar-refractivity contribution in [1.82, 2.24) is 5.32 Å². The Bertz CT molecular complexity index is 565. The average Bonchev–Trinajstić information content (AvgIpc) is 2.90. The van der Waals surface area contributed by atoms with Gasteiger partial charge in [-0.3, -0.25) is 0 Å². The molecule has 108 valence electrons. The van der Waals surface area contributed by atoms with E-state index in [1.807, 2.05) is 12.1 Å². The maximum atomic E-state index is 5.56. The number of para-hydroxylation sites is 1. The maximum Gasteiger partial charge on any atom is 0.165 e. The molecule has 2 rings (SSSR count). The second-order valence-corrected chi connectivity index (χ2v) is 5.68. The first-order chi connectivity index (χ1) is 9.71. The minimum Gasteiger partial charge on any atom is -0.493 e. The van der Waals surface area contributed by atoms with Gasteiger partial charge in [0.05, 0.1) is 20.3 Å². The van der Waals surface area contributed by atoms with Crippen molar-refractivity contribution in [3.8, 4) is 11.5 Å². The van der Waals surface area contributed by atoms with E-state index in [9.17, 15) is 0 Å². The van der Waals surface area contributed by atoms with Crippen LogP contribution in [-0.2, 0) is 0 Å². The number of ether oxygens (including phenoxy) is 2. The molecule has 0 spiro atoms. The van der Waals surface area contributed by atoms with E-state index in [-0.39, 0.29) is 6.04 Å². The summed E-state index contributed by atoms with van der Waals surface area (Å²) in [5, 5.41) is 5.72. The highest BCUT2D eigenvalue weighted by molar-refractivity contribution is 7.10. The molecule has 0 saturated heterocycles. The first-order valence-corrected chi connectivity index (χ1v) is 7.58. The van der Waals surface area contributed by atoms with Gasteiger partial charge < -0.3 is 14.8 Å². The molecule has 1 heterocycles. The van der Waals surface area contributed by atoms with Gasteiger partial charge in [-0.2, -0.15) is 0 Å². The highest BCUT2D eigenvalue weighted by atomic mass is 32.1. The molecule has 0 aliphatic heterocycles. The lowest BCUT2D eigenvalue weighted by Crippen LogP contribution is -2.22. The molecule has 2 aromatic rings. The van der Waals surface area contributed by atoms with Gasteiger partial charge in [0.15, 0.2) is 11.5 Å². The minimum atomic E-state index is 0.120. The fourth-order valence-electron chi connectivity index (χ4n) is 2.37. The number of nitrogens with one attached hydrogen (secondary N) is 1. The fraction of sp³-hybridized carbons (Fsp3) is 0.375. The summed E-state index contributed by atoms with van der Waals surface area (Å²) in [5.74, 6) is 1.56. The van der Waals surface area contributed by atoms with Gasteiger partial charge in [0.25, 0.3) is 0 Å². The van der Waals surface area contributed by atoms with Gasteiger partial charge in [-0.25, -0.2) is 0 Å². The molecule has 0 fully saturated rings. The molecule has 0 amide bonds. The molecule has 0 aliphatic rings. The van der Waals surface area contributed by atoms with Crippen molar-refractivity contribution in [2.24, 2.45) is 0 Å². The highest BCUT2D eigenvalue weighted by Gasteiger charge is 2.20. The number of aryl methyl sites for hydroxylation is 1. The van der Waals surface area contributed by atoms with Crippen LogP contribution in [0.5, 0.6) is 11.5 Å². The third-order valence-corrected chi connectivity index (χ3v) is 4.12. The van der Waals surface area contributed by atoms with E-state index in [1.54, 1.807) is 25.6 Å². The van der Waals surface area contributed by atoms with Crippen molar-refractivity contribution in [3.63, 3.8) is 0 Å². The van der Waals surface area contributed by atoms with Gasteiger partial charge in [0.2, 0.25) is 0 Å². The van der Waals surface area contributed by atoms with E-state index in [4.69, 9.17) is 9.47 Å². The van der Waals surface area contributed by atoms with Crippen LogP contribution in [0.1, 0.15) is 29.0 Å². The lowest BCUT2D eigenvalue weighted by atomic mass is 9.99. The standard InChI is InChI=1S/C16H21NO2S/c1-5-17-15(12-9-11(2)20-10-12)13-7-6-8-14(18-3)16(13)19-4/h6-10,15,17H,5H2,1-4H3. The summed E-state index contributed by atoms with van der Waals surface area (Å²) in [6.45, 7) is 5.12. The summed E-state index contributed by atoms with van der Waals surface area (Å²) in [5.41, 5.74) is 2.37. The molecule has 0 saturated carbocycles. The SMILES string of the molecule is CCNC(c1csc(C)c1)c1cccc(OC)c1OC. The average molecular weight is 291 g/mol. The van der Waals surface area contributed by atoms with Gasteiger partial charge >= 0.3 is 0 Å². The van der Waals surface area contributed by atoms with Gasteiger partial charge in [-0.05, 0) is 36.5 Å². The molecule has 0 radical (unpaired) electrons. The smallest absolute Gasteiger partial charge is 0.165 e. The molecule has 4 heteroatoms. The zero-order valence-corrected chi connectivity index (χ0v) is 13.2. The lowest BCUT2D eigenvalue weighted by molar-refractivity contribution is 0.349. The van der Waals surface area contributed by atoms with E-state index < -0.39 is 0 Å². The minimum absolute atomic E-state index is 0.120. The van der Waals surface area contributed by atoms with Crippen molar-refractivity contribution >= 4 is 11.3 Å². The van der Waals surface area contributed by atoms with Gasteiger partial charge in [0.1, 0.15) is 0 Å². The van der Waals surface area contributed by atoms with Gasteiger partial charge in [-0.1, -0.05) is 19.1 Å². The highest BCUT2D eigenvalue weighted by Crippen LogP contribution is 2.38. The van der Waals surface area contributed by atoms with Gasteiger partial charge in [-0.15, -0.1) is 11.3 Å². The van der Waals surface area contributed by atoms with Crippen molar-refractivity contribution in [1.29, 1.82) is 0 Å². The number of rotatable bonds is 6. The van der Waals surface area contributed by atoms with Crippen molar-refractivity contribution in [2.75, 3.05) is 20.8 Å². The number of methoxy groups -OCH3 is 2. The van der Waals surface area contributed by atoms with Crippen LogP contribution >= 0.6 is 11.3 Å². The van der Waals surface area contributed by atoms with E-state index in [2.05, 4.69) is 36.7 Å². The molecule has 0 aliphatic carbocycles. The summed E-state index contributed by atoms with van der Waals surface area (Å²) < 4.78 is 11.0. The summed E-state index contributed by atoms with van der Waals surface area (Å²) >= 11 is 1.76. The molecule has 20 heavy (non-hydrogen) atoms. The van der Waals surface area contributed by atoms with E-state index in [0.29, 0.717) is 0 Å². The summed E-state index contributed by atoms with van der Waals surface area (Å²) in [6.07, 6.45) is 0. The molecule has 1 aromatic carbocycles. The Morgan fingerprint density at radius 2 is 2.05 bits per heavy atom. The van der Waals surface area contributed by atoms with Crippen LogP contribution in [0.2, 0.25) is 0 Å². The predicted molar refractivity (Wildman–Crippen MR) is 84.1 cm³/mol. The molecule has 0 bridgehead atoms. The van der Waals surface area contributed by atoms with Crippen molar-refractivity contribution in [2.45, 2.75) is 19.9 Å². The van der Waals surface area contributed by atoms with Crippen LogP contribution in [-0.4, -0.2) is 20.8 Å². The quantitative estimate of drug-likeness (QED) is 0.878. The Morgan fingerprint density at radius 1 is 1.25 bits per heavy atom. The summed E-state index contributed by atoms with van der Waals surface area (Å²) in [4.78, 5) is 1.31. The number of benzene rings is 1. The van der Waals surface area contributed by atoms with Crippen molar-refractivity contribution < 1.29 is 9.47 Å². The lowest BCUT2D eigenvalue weighted by Gasteiger charge is -2.21. The third-order valence-electron chi connectivity index (χ3n) is 3.24. The molecule has 1 N–H and O–H groups in total. The molecule has 3 nitrogen and oxygen atoms in total. The zero-order valence-electron chi connectivity index (χ0n) is 12.4. The second kappa shape index (κ2) is 6.77. The van der Waals surface area contributed by atoms with Crippen LogP contribution in [0.3, 0.4) is 0 Å². The van der Waals surface area contributed by atoms with Crippen LogP contribution in [0, 0.1) is 6.92 Å². The second-order valence-electron chi connectivity index (χ2n) is 4.56. The van der Waals surface area contributed by atoms with Crippen LogP contribution < -0.4 is 14.8 Å². The molecule has 1 aromatic heterocycles. The number of hydrogen-bond donors (Lipinski definition) is 1. The Kier molecular flexibility index (Phi) is 5.04.